The molecule has 34 heavy (non-hydrogen) atoms. The number of hydrogen-bond donors (Lipinski definition) is 2. The molecular formula is C27H25NO6. The molecular weight excluding hydrogens is 434 g/mol. The molecule has 1 aliphatic heterocycles. The van der Waals surface area contributed by atoms with Gasteiger partial charge in [0.15, 0.2) is 0 Å². The number of carbonyl (C=O) groups is 2. The molecule has 0 aromatic heterocycles. The van der Waals surface area contributed by atoms with Gasteiger partial charge in [0.2, 0.25) is 0 Å². The van der Waals surface area contributed by atoms with Gasteiger partial charge in [-0.25, -0.2) is 0 Å². The lowest BCUT2D eigenvalue weighted by molar-refractivity contribution is -0.132. The van der Waals surface area contributed by atoms with Gasteiger partial charge in [0.05, 0.1) is 25.3 Å². The van der Waals surface area contributed by atoms with Crippen molar-refractivity contribution in [2.75, 3.05) is 18.6 Å². The Kier molecular flexibility index (Phi) is 6.27. The van der Waals surface area contributed by atoms with E-state index in [9.17, 15) is 19.8 Å². The summed E-state index contributed by atoms with van der Waals surface area (Å²) < 4.78 is 10.8. The maximum absolute atomic E-state index is 13.2. The van der Waals surface area contributed by atoms with Crippen LogP contribution in [0.4, 0.5) is 5.69 Å². The van der Waals surface area contributed by atoms with Crippen molar-refractivity contribution in [1.29, 1.82) is 0 Å². The predicted octanol–water partition coefficient (Wildman–Crippen LogP) is 4.73. The summed E-state index contributed by atoms with van der Waals surface area (Å²) in [5.41, 5.74) is 2.05. The summed E-state index contributed by atoms with van der Waals surface area (Å²) in [5, 5.41) is 21.4. The largest absolute Gasteiger partial charge is 0.508 e. The molecule has 1 atom stereocenters. The average Bonchev–Trinajstić information content (AvgIpc) is 3.10. The number of aliphatic hydroxyl groups excluding tert-OH is 1. The van der Waals surface area contributed by atoms with E-state index in [-0.39, 0.29) is 17.1 Å². The molecule has 3 aromatic carbocycles. The second-order valence-electron chi connectivity index (χ2n) is 7.88. The molecule has 0 saturated carbocycles. The van der Waals surface area contributed by atoms with Crippen LogP contribution in [-0.4, -0.2) is 35.6 Å². The maximum atomic E-state index is 13.2. The fraction of sp³-hybridized carbons (Fsp3) is 0.185. The van der Waals surface area contributed by atoms with Crippen LogP contribution in [0.5, 0.6) is 17.2 Å². The Hall–Kier alpha value is -4.26. The first-order chi connectivity index (χ1) is 16.3. The summed E-state index contributed by atoms with van der Waals surface area (Å²) >= 11 is 0. The van der Waals surface area contributed by atoms with Crippen molar-refractivity contribution in [2.24, 2.45) is 0 Å². The van der Waals surface area contributed by atoms with Gasteiger partial charge in [-0.05, 0) is 79.6 Å². The molecule has 7 nitrogen and oxygen atoms in total. The Morgan fingerprint density at radius 3 is 2.38 bits per heavy atom. The highest BCUT2D eigenvalue weighted by atomic mass is 16.5. The first-order valence-corrected chi connectivity index (χ1v) is 10.8. The van der Waals surface area contributed by atoms with Crippen LogP contribution in [0.2, 0.25) is 0 Å². The highest BCUT2D eigenvalue weighted by Crippen LogP contribution is 2.43. The minimum atomic E-state index is -0.938. The molecule has 1 heterocycles. The van der Waals surface area contributed by atoms with Crippen LogP contribution in [0, 0.1) is 6.92 Å². The minimum absolute atomic E-state index is 0.0188. The third-order valence-electron chi connectivity index (χ3n) is 5.73. The number of nitrogens with zero attached hydrogens (tertiary/aromatic N) is 1. The zero-order valence-electron chi connectivity index (χ0n) is 19.1. The van der Waals surface area contributed by atoms with Crippen molar-refractivity contribution in [3.8, 4) is 17.2 Å². The Morgan fingerprint density at radius 2 is 1.76 bits per heavy atom. The Morgan fingerprint density at radius 1 is 1.03 bits per heavy atom. The number of Topliss-reactive ketones (excluding diaryl/α,β-unsaturated/α-hetero) is 1. The molecule has 0 spiro atoms. The molecule has 7 heteroatoms. The number of amides is 1. The molecule has 0 bridgehead atoms. The Balaban J connectivity index is 1.90. The van der Waals surface area contributed by atoms with E-state index in [1.54, 1.807) is 54.6 Å². The topological polar surface area (TPSA) is 96.3 Å². The molecule has 1 amide bonds. The van der Waals surface area contributed by atoms with E-state index in [2.05, 4.69) is 0 Å². The number of aromatic hydroxyl groups is 1. The predicted molar refractivity (Wildman–Crippen MR) is 128 cm³/mol. The second-order valence-corrected chi connectivity index (χ2v) is 7.88. The standard InChI is InChI=1S/C27H25NO6/c1-4-34-22-13-8-18(14-16(22)2)25(30)23-24(17-6-5-7-20(29)15-17)28(27(32)26(23)31)19-9-11-21(33-3)12-10-19/h5-15,24,29-30H,4H2,1-3H3/b25-23-. The highest BCUT2D eigenvalue weighted by molar-refractivity contribution is 6.51. The first-order valence-electron chi connectivity index (χ1n) is 10.8. The fourth-order valence-electron chi connectivity index (χ4n) is 4.12. The molecule has 174 valence electrons. The normalized spacial score (nSPS) is 17.1. The van der Waals surface area contributed by atoms with E-state index in [1.165, 1.54) is 24.1 Å². The Bertz CT molecular complexity index is 1280. The summed E-state index contributed by atoms with van der Waals surface area (Å²) in [6, 6.07) is 17.1. The number of aliphatic hydroxyl groups is 1. The number of carbonyl (C=O) groups excluding carboxylic acids is 2. The number of hydrogen-bond acceptors (Lipinski definition) is 6. The summed E-state index contributed by atoms with van der Waals surface area (Å²) in [4.78, 5) is 27.8. The molecule has 1 saturated heterocycles. The zero-order valence-corrected chi connectivity index (χ0v) is 19.1. The number of methoxy groups -OCH3 is 1. The van der Waals surface area contributed by atoms with Crippen molar-refractivity contribution < 1.29 is 29.3 Å². The third-order valence-corrected chi connectivity index (χ3v) is 5.73. The maximum Gasteiger partial charge on any atom is 0.300 e. The quantitative estimate of drug-likeness (QED) is 0.314. The van der Waals surface area contributed by atoms with Crippen LogP contribution in [0.15, 0.2) is 72.3 Å². The van der Waals surface area contributed by atoms with Gasteiger partial charge in [-0.1, -0.05) is 12.1 Å². The van der Waals surface area contributed by atoms with Crippen molar-refractivity contribution in [3.63, 3.8) is 0 Å². The summed E-state index contributed by atoms with van der Waals surface area (Å²) in [5.74, 6) is -0.638. The van der Waals surface area contributed by atoms with Gasteiger partial charge in [0.1, 0.15) is 23.0 Å². The molecule has 4 rings (SSSR count). The van der Waals surface area contributed by atoms with E-state index < -0.39 is 17.7 Å². The molecule has 0 radical (unpaired) electrons. The van der Waals surface area contributed by atoms with Crippen molar-refractivity contribution in [1.82, 2.24) is 0 Å². The highest BCUT2D eigenvalue weighted by Gasteiger charge is 2.47. The van der Waals surface area contributed by atoms with Gasteiger partial charge in [-0.15, -0.1) is 0 Å². The molecule has 2 N–H and O–H groups in total. The number of rotatable bonds is 6. The van der Waals surface area contributed by atoms with Crippen LogP contribution in [0.1, 0.15) is 29.7 Å². The van der Waals surface area contributed by atoms with E-state index in [0.717, 1.165) is 5.56 Å². The van der Waals surface area contributed by atoms with Gasteiger partial charge >= 0.3 is 0 Å². The average molecular weight is 459 g/mol. The first kappa shape index (κ1) is 22.9. The molecule has 3 aromatic rings. The fourth-order valence-corrected chi connectivity index (χ4v) is 4.12. The monoisotopic (exact) mass is 459 g/mol. The molecule has 1 aliphatic rings. The van der Waals surface area contributed by atoms with Crippen LogP contribution < -0.4 is 14.4 Å². The van der Waals surface area contributed by atoms with Crippen molar-refractivity contribution in [2.45, 2.75) is 19.9 Å². The minimum Gasteiger partial charge on any atom is -0.508 e. The Labute approximate surface area is 197 Å². The number of phenolic OH excluding ortho intramolecular Hbond substituents is 1. The molecule has 1 unspecified atom stereocenters. The SMILES string of the molecule is CCOc1ccc(/C(O)=C2/C(=O)C(=O)N(c3ccc(OC)cc3)C2c2cccc(O)c2)cc1C. The summed E-state index contributed by atoms with van der Waals surface area (Å²) in [7, 11) is 1.53. The lowest BCUT2D eigenvalue weighted by Gasteiger charge is -2.25. The molecule has 1 fully saturated rings. The van der Waals surface area contributed by atoms with E-state index in [4.69, 9.17) is 9.47 Å². The summed E-state index contributed by atoms with van der Waals surface area (Å²) in [6.07, 6.45) is 0. The van der Waals surface area contributed by atoms with E-state index in [0.29, 0.717) is 34.9 Å². The van der Waals surface area contributed by atoms with Gasteiger partial charge in [-0.2, -0.15) is 0 Å². The number of benzene rings is 3. The van der Waals surface area contributed by atoms with Crippen LogP contribution in [0.25, 0.3) is 5.76 Å². The number of anilines is 1. The zero-order chi connectivity index (χ0) is 24.4. The number of aryl methyl sites for hydroxylation is 1. The van der Waals surface area contributed by atoms with Crippen LogP contribution in [0.3, 0.4) is 0 Å². The smallest absolute Gasteiger partial charge is 0.300 e. The van der Waals surface area contributed by atoms with Gasteiger partial charge < -0.3 is 19.7 Å². The number of ketones is 1. The van der Waals surface area contributed by atoms with Crippen molar-refractivity contribution in [3.05, 3.63) is 89.0 Å². The van der Waals surface area contributed by atoms with Crippen LogP contribution >= 0.6 is 0 Å². The van der Waals surface area contributed by atoms with Gasteiger partial charge in [0.25, 0.3) is 11.7 Å². The van der Waals surface area contributed by atoms with Crippen LogP contribution in [-0.2, 0) is 9.59 Å². The number of phenols is 1. The second kappa shape index (κ2) is 9.31. The number of ether oxygens (including phenoxy) is 2. The van der Waals surface area contributed by atoms with Gasteiger partial charge in [0, 0.05) is 11.3 Å². The van der Waals surface area contributed by atoms with Crippen molar-refractivity contribution >= 4 is 23.1 Å². The van der Waals surface area contributed by atoms with Gasteiger partial charge in [-0.3, -0.25) is 14.5 Å². The third kappa shape index (κ3) is 4.08. The van der Waals surface area contributed by atoms with E-state index >= 15 is 0 Å². The lowest BCUT2D eigenvalue weighted by atomic mass is 9.94. The molecule has 0 aliphatic carbocycles. The van der Waals surface area contributed by atoms with E-state index in [1.807, 2.05) is 13.8 Å². The summed E-state index contributed by atoms with van der Waals surface area (Å²) in [6.45, 7) is 4.21. The lowest BCUT2D eigenvalue weighted by Crippen LogP contribution is -2.29.